The van der Waals surface area contributed by atoms with Crippen LogP contribution >= 0.6 is 0 Å². The first-order valence-corrected chi connectivity index (χ1v) is 5.21. The third kappa shape index (κ3) is 2.60. The van der Waals surface area contributed by atoms with Gasteiger partial charge in [-0.15, -0.1) is 0 Å². The van der Waals surface area contributed by atoms with Crippen molar-refractivity contribution < 1.29 is 23.5 Å². The fourth-order valence-corrected chi connectivity index (χ4v) is 1.40. The first-order valence-electron chi connectivity index (χ1n) is 5.21. The molecule has 0 fully saturated rings. The van der Waals surface area contributed by atoms with Crippen molar-refractivity contribution >= 4 is 11.9 Å². The van der Waals surface area contributed by atoms with Gasteiger partial charge in [0.1, 0.15) is 17.8 Å². The molecular formula is C12H11NO5. The molecule has 0 radical (unpaired) electrons. The highest BCUT2D eigenvalue weighted by atomic mass is 16.4. The smallest absolute Gasteiger partial charge is 0.338 e. The van der Waals surface area contributed by atoms with E-state index in [9.17, 15) is 9.59 Å². The van der Waals surface area contributed by atoms with E-state index in [1.807, 2.05) is 0 Å². The zero-order valence-electron chi connectivity index (χ0n) is 9.60. The number of amides is 1. The summed E-state index contributed by atoms with van der Waals surface area (Å²) in [6.07, 6.45) is 1.02. The Morgan fingerprint density at radius 2 is 2.17 bits per heavy atom. The largest absolute Gasteiger partial charge is 0.478 e. The van der Waals surface area contributed by atoms with Crippen LogP contribution < -0.4 is 5.32 Å². The summed E-state index contributed by atoms with van der Waals surface area (Å²) in [7, 11) is 0. The monoisotopic (exact) mass is 249 g/mol. The van der Waals surface area contributed by atoms with E-state index in [0.717, 1.165) is 12.0 Å². The second-order valence-corrected chi connectivity index (χ2v) is 3.70. The molecule has 1 amide bonds. The van der Waals surface area contributed by atoms with Crippen LogP contribution in [-0.4, -0.2) is 17.0 Å². The van der Waals surface area contributed by atoms with Crippen molar-refractivity contribution in [2.45, 2.75) is 13.5 Å². The van der Waals surface area contributed by atoms with Gasteiger partial charge in [0.15, 0.2) is 5.76 Å². The number of rotatable bonds is 4. The van der Waals surface area contributed by atoms with Crippen LogP contribution in [0.2, 0.25) is 0 Å². The molecule has 2 rings (SSSR count). The van der Waals surface area contributed by atoms with E-state index in [2.05, 4.69) is 5.32 Å². The van der Waals surface area contributed by atoms with Crippen LogP contribution in [0.1, 0.15) is 32.4 Å². The number of aryl methyl sites for hydroxylation is 1. The van der Waals surface area contributed by atoms with Gasteiger partial charge < -0.3 is 19.3 Å². The molecular weight excluding hydrogens is 238 g/mol. The molecule has 0 aliphatic carbocycles. The summed E-state index contributed by atoms with van der Waals surface area (Å²) in [6.45, 7) is 2.02. The Kier molecular flexibility index (Phi) is 3.18. The van der Waals surface area contributed by atoms with Crippen molar-refractivity contribution in [3.8, 4) is 0 Å². The van der Waals surface area contributed by atoms with E-state index in [1.54, 1.807) is 19.1 Å². The van der Waals surface area contributed by atoms with E-state index in [1.165, 1.54) is 6.07 Å². The van der Waals surface area contributed by atoms with Crippen LogP contribution in [-0.2, 0) is 6.54 Å². The van der Waals surface area contributed by atoms with Gasteiger partial charge in [0.2, 0.25) is 0 Å². The molecule has 18 heavy (non-hydrogen) atoms. The Balaban J connectivity index is 1.97. The summed E-state index contributed by atoms with van der Waals surface area (Å²) in [4.78, 5) is 22.2. The number of carboxylic acid groups (broad SMARTS) is 1. The van der Waals surface area contributed by atoms with Crippen LogP contribution in [0.25, 0.3) is 0 Å². The lowest BCUT2D eigenvalue weighted by atomic mass is 10.3. The minimum atomic E-state index is -1.14. The molecule has 0 spiro atoms. The lowest BCUT2D eigenvalue weighted by Crippen LogP contribution is -2.21. The number of carboxylic acids is 1. The summed E-state index contributed by atoms with van der Waals surface area (Å²) in [6, 6.07) is 4.71. The fraction of sp³-hybridized carbons (Fsp3) is 0.167. The molecule has 0 aromatic carbocycles. The first kappa shape index (κ1) is 12.0. The lowest BCUT2D eigenvalue weighted by molar-refractivity contribution is 0.0696. The Hall–Kier alpha value is -2.50. The van der Waals surface area contributed by atoms with Crippen molar-refractivity contribution in [3.63, 3.8) is 0 Å². The van der Waals surface area contributed by atoms with Crippen molar-refractivity contribution in [1.82, 2.24) is 5.32 Å². The van der Waals surface area contributed by atoms with Gasteiger partial charge in [-0.1, -0.05) is 0 Å². The second kappa shape index (κ2) is 4.79. The van der Waals surface area contributed by atoms with Crippen LogP contribution in [0.3, 0.4) is 0 Å². The third-order valence-electron chi connectivity index (χ3n) is 2.29. The molecule has 6 heteroatoms. The molecule has 0 aliphatic rings. The fourth-order valence-electron chi connectivity index (χ4n) is 1.40. The zero-order chi connectivity index (χ0) is 13.1. The second-order valence-electron chi connectivity index (χ2n) is 3.70. The maximum atomic E-state index is 11.6. The normalized spacial score (nSPS) is 10.3. The molecule has 0 saturated heterocycles. The van der Waals surface area contributed by atoms with Gasteiger partial charge in [-0.3, -0.25) is 4.79 Å². The number of hydrogen-bond acceptors (Lipinski definition) is 4. The average Bonchev–Trinajstić information content (AvgIpc) is 2.94. The molecule has 2 N–H and O–H groups in total. The Morgan fingerprint density at radius 1 is 1.39 bits per heavy atom. The maximum Gasteiger partial charge on any atom is 0.338 e. The van der Waals surface area contributed by atoms with Crippen LogP contribution in [0, 0.1) is 6.92 Å². The number of furan rings is 2. The van der Waals surface area contributed by atoms with E-state index < -0.39 is 11.9 Å². The molecule has 0 saturated carbocycles. The summed E-state index contributed by atoms with van der Waals surface area (Å²) in [5, 5.41) is 11.2. The van der Waals surface area contributed by atoms with E-state index in [4.69, 9.17) is 13.9 Å². The lowest BCUT2D eigenvalue weighted by Gasteiger charge is -1.99. The summed E-state index contributed by atoms with van der Waals surface area (Å²) < 4.78 is 10.1. The Bertz CT molecular complexity index is 581. The van der Waals surface area contributed by atoms with Gasteiger partial charge in [0.25, 0.3) is 5.91 Å². The first-order chi connectivity index (χ1) is 8.56. The Morgan fingerprint density at radius 3 is 2.72 bits per heavy atom. The molecule has 2 aromatic rings. The third-order valence-corrected chi connectivity index (χ3v) is 2.29. The number of aromatic carboxylic acids is 1. The number of hydrogen-bond donors (Lipinski definition) is 2. The number of nitrogens with one attached hydrogen (secondary N) is 1. The standard InChI is InChI=1S/C12H11NO5/c1-7-2-3-9(18-7)5-13-11(14)10-4-8(6-17-10)12(15)16/h2-4,6H,5H2,1H3,(H,13,14)(H,15,16). The number of carbonyl (C=O) groups excluding carboxylic acids is 1. The molecule has 2 aromatic heterocycles. The molecule has 2 heterocycles. The summed E-state index contributed by atoms with van der Waals surface area (Å²) in [5.41, 5.74) is -0.0611. The highest BCUT2D eigenvalue weighted by Crippen LogP contribution is 2.09. The minimum Gasteiger partial charge on any atom is -0.478 e. The quantitative estimate of drug-likeness (QED) is 0.861. The maximum absolute atomic E-state index is 11.6. The minimum absolute atomic E-state index is 0.0457. The number of carbonyl (C=O) groups is 2. The predicted molar refractivity (Wildman–Crippen MR) is 60.3 cm³/mol. The van der Waals surface area contributed by atoms with Crippen molar-refractivity contribution in [1.29, 1.82) is 0 Å². The SMILES string of the molecule is Cc1ccc(CNC(=O)c2cc(C(=O)O)co2)o1. The van der Waals surface area contributed by atoms with Gasteiger partial charge in [-0.2, -0.15) is 0 Å². The highest BCUT2D eigenvalue weighted by molar-refractivity contribution is 5.95. The summed E-state index contributed by atoms with van der Waals surface area (Å²) >= 11 is 0. The summed E-state index contributed by atoms with van der Waals surface area (Å²) in [5.74, 6) is -0.303. The van der Waals surface area contributed by atoms with Gasteiger partial charge in [0, 0.05) is 6.07 Å². The van der Waals surface area contributed by atoms with E-state index in [-0.39, 0.29) is 17.9 Å². The van der Waals surface area contributed by atoms with Gasteiger partial charge >= 0.3 is 5.97 Å². The van der Waals surface area contributed by atoms with Gasteiger partial charge in [-0.25, -0.2) is 4.79 Å². The average molecular weight is 249 g/mol. The van der Waals surface area contributed by atoms with Crippen LogP contribution in [0.4, 0.5) is 0 Å². The molecule has 0 aliphatic heterocycles. The zero-order valence-corrected chi connectivity index (χ0v) is 9.60. The van der Waals surface area contributed by atoms with E-state index in [0.29, 0.717) is 5.76 Å². The van der Waals surface area contributed by atoms with Crippen molar-refractivity contribution in [2.75, 3.05) is 0 Å². The van der Waals surface area contributed by atoms with Gasteiger partial charge in [0.05, 0.1) is 12.1 Å². The van der Waals surface area contributed by atoms with E-state index >= 15 is 0 Å². The van der Waals surface area contributed by atoms with Gasteiger partial charge in [-0.05, 0) is 19.1 Å². The predicted octanol–water partition coefficient (Wildman–Crippen LogP) is 1.81. The molecule has 0 bridgehead atoms. The molecule has 0 atom stereocenters. The topological polar surface area (TPSA) is 92.7 Å². The molecule has 6 nitrogen and oxygen atoms in total. The molecule has 94 valence electrons. The van der Waals surface area contributed by atoms with Crippen molar-refractivity contribution in [3.05, 3.63) is 47.3 Å². The Labute approximate surface area is 102 Å². The molecule has 0 unspecified atom stereocenters. The van der Waals surface area contributed by atoms with Crippen molar-refractivity contribution in [2.24, 2.45) is 0 Å². The highest BCUT2D eigenvalue weighted by Gasteiger charge is 2.14. The van der Waals surface area contributed by atoms with Crippen LogP contribution in [0.15, 0.2) is 33.3 Å². The van der Waals surface area contributed by atoms with Crippen LogP contribution in [0.5, 0.6) is 0 Å².